The standard InChI is InChI=1S/C7H9ClN4/c8-7(11-9)12(10)6-4-2-1-3-5-6/h1-5H,9-10H2/b11-7-. The number of hydrazine groups is 1. The van der Waals surface area contributed by atoms with Gasteiger partial charge in [-0.15, -0.1) is 0 Å². The number of para-hydroxylation sites is 1. The summed E-state index contributed by atoms with van der Waals surface area (Å²) in [6, 6.07) is 9.16. The minimum Gasteiger partial charge on any atom is -0.320 e. The summed E-state index contributed by atoms with van der Waals surface area (Å²) in [7, 11) is 0. The van der Waals surface area contributed by atoms with E-state index in [-0.39, 0.29) is 5.29 Å². The quantitative estimate of drug-likeness (QED) is 0.223. The number of hydrogen-bond donors (Lipinski definition) is 2. The first-order valence-corrected chi connectivity index (χ1v) is 3.66. The van der Waals surface area contributed by atoms with Crippen LogP contribution in [0.3, 0.4) is 0 Å². The van der Waals surface area contributed by atoms with Gasteiger partial charge in [0.1, 0.15) is 0 Å². The summed E-state index contributed by atoms with van der Waals surface area (Å²) in [4.78, 5) is 0. The molecule has 5 heteroatoms. The highest BCUT2D eigenvalue weighted by molar-refractivity contribution is 6.67. The Morgan fingerprint density at radius 1 is 1.33 bits per heavy atom. The lowest BCUT2D eigenvalue weighted by Crippen LogP contribution is -2.34. The van der Waals surface area contributed by atoms with E-state index in [4.69, 9.17) is 23.3 Å². The van der Waals surface area contributed by atoms with Crippen LogP contribution >= 0.6 is 11.6 Å². The molecule has 4 nitrogen and oxygen atoms in total. The molecule has 1 aromatic carbocycles. The molecule has 0 saturated carbocycles. The van der Waals surface area contributed by atoms with Crippen LogP contribution in [0.25, 0.3) is 0 Å². The molecule has 0 radical (unpaired) electrons. The number of anilines is 1. The third-order valence-corrected chi connectivity index (χ3v) is 1.62. The number of amidine groups is 1. The predicted octanol–water partition coefficient (Wildman–Crippen LogP) is 0.835. The summed E-state index contributed by atoms with van der Waals surface area (Å²) in [6.07, 6.45) is 0. The van der Waals surface area contributed by atoms with Crippen LogP contribution in [0.15, 0.2) is 35.4 Å². The molecule has 4 N–H and O–H groups in total. The van der Waals surface area contributed by atoms with Gasteiger partial charge in [0.2, 0.25) is 5.29 Å². The largest absolute Gasteiger partial charge is 0.320 e. The lowest BCUT2D eigenvalue weighted by molar-refractivity contribution is 1.11. The van der Waals surface area contributed by atoms with Gasteiger partial charge in [0.15, 0.2) is 0 Å². The van der Waals surface area contributed by atoms with Crippen molar-refractivity contribution in [3.05, 3.63) is 30.3 Å². The summed E-state index contributed by atoms with van der Waals surface area (Å²) in [5.74, 6) is 10.5. The van der Waals surface area contributed by atoms with Gasteiger partial charge in [-0.05, 0) is 23.7 Å². The fourth-order valence-corrected chi connectivity index (χ4v) is 0.855. The number of nitrogens with zero attached hydrogens (tertiary/aromatic N) is 2. The van der Waals surface area contributed by atoms with E-state index >= 15 is 0 Å². The zero-order valence-corrected chi connectivity index (χ0v) is 7.07. The van der Waals surface area contributed by atoms with Crippen LogP contribution in [0, 0.1) is 0 Å². The highest BCUT2D eigenvalue weighted by Gasteiger charge is 2.04. The Morgan fingerprint density at radius 2 is 1.92 bits per heavy atom. The van der Waals surface area contributed by atoms with Crippen LogP contribution in [0.4, 0.5) is 5.69 Å². The van der Waals surface area contributed by atoms with Crippen LogP contribution in [0.2, 0.25) is 0 Å². The Hall–Kier alpha value is -1.26. The van der Waals surface area contributed by atoms with E-state index in [2.05, 4.69) is 5.10 Å². The maximum absolute atomic E-state index is 5.58. The van der Waals surface area contributed by atoms with Crippen LogP contribution < -0.4 is 16.7 Å². The lowest BCUT2D eigenvalue weighted by atomic mass is 10.3. The molecule has 1 rings (SSSR count). The van der Waals surface area contributed by atoms with E-state index in [1.807, 2.05) is 18.2 Å². The van der Waals surface area contributed by atoms with Gasteiger partial charge in [0.25, 0.3) is 0 Å². The molecule has 0 unspecified atom stereocenters. The molecule has 0 aliphatic carbocycles. The number of halogens is 1. The van der Waals surface area contributed by atoms with Crippen molar-refractivity contribution < 1.29 is 0 Å². The van der Waals surface area contributed by atoms with Crippen molar-refractivity contribution in [2.45, 2.75) is 0 Å². The van der Waals surface area contributed by atoms with Crippen molar-refractivity contribution >= 4 is 22.6 Å². The topological polar surface area (TPSA) is 67.6 Å². The minimum absolute atomic E-state index is 0.0428. The van der Waals surface area contributed by atoms with E-state index < -0.39 is 0 Å². The van der Waals surface area contributed by atoms with Crippen LogP contribution in [-0.4, -0.2) is 5.29 Å². The molecule has 0 aliphatic rings. The van der Waals surface area contributed by atoms with Gasteiger partial charge in [0, 0.05) is 0 Å². The van der Waals surface area contributed by atoms with Crippen molar-refractivity contribution in [1.29, 1.82) is 0 Å². The Labute approximate surface area is 75.4 Å². The Bertz CT molecular complexity index is 272. The first-order chi connectivity index (χ1) is 5.75. The lowest BCUT2D eigenvalue weighted by Gasteiger charge is -2.14. The number of benzene rings is 1. The van der Waals surface area contributed by atoms with E-state index in [1.165, 1.54) is 5.01 Å². The second-order valence-electron chi connectivity index (χ2n) is 2.10. The summed E-state index contributed by atoms with van der Waals surface area (Å²) in [6.45, 7) is 0. The molecule has 0 spiro atoms. The molecule has 0 atom stereocenters. The first kappa shape index (κ1) is 8.83. The Morgan fingerprint density at radius 3 is 2.42 bits per heavy atom. The minimum atomic E-state index is 0.0428. The highest BCUT2D eigenvalue weighted by atomic mass is 35.5. The second-order valence-corrected chi connectivity index (χ2v) is 2.44. The van der Waals surface area contributed by atoms with Gasteiger partial charge in [0.05, 0.1) is 5.69 Å². The first-order valence-electron chi connectivity index (χ1n) is 3.29. The summed E-state index contributed by atoms with van der Waals surface area (Å²) in [5.41, 5.74) is 0.733. The van der Waals surface area contributed by atoms with Gasteiger partial charge in [-0.1, -0.05) is 18.2 Å². The van der Waals surface area contributed by atoms with Crippen LogP contribution in [0.1, 0.15) is 0 Å². The molecule has 1 aromatic rings. The molecule has 0 saturated heterocycles. The van der Waals surface area contributed by atoms with E-state index in [1.54, 1.807) is 12.1 Å². The SMILES string of the molecule is N/N=C(/Cl)N(N)c1ccccc1. The van der Waals surface area contributed by atoms with E-state index in [9.17, 15) is 0 Å². The normalized spacial score (nSPS) is 11.3. The van der Waals surface area contributed by atoms with E-state index in [0.717, 1.165) is 5.69 Å². The molecule has 12 heavy (non-hydrogen) atoms. The van der Waals surface area contributed by atoms with Crippen LogP contribution in [-0.2, 0) is 0 Å². The van der Waals surface area contributed by atoms with Crippen molar-refractivity contribution in [1.82, 2.24) is 0 Å². The average Bonchev–Trinajstić information content (AvgIpc) is 2.17. The predicted molar refractivity (Wildman–Crippen MR) is 50.6 cm³/mol. The van der Waals surface area contributed by atoms with E-state index in [0.29, 0.717) is 0 Å². The summed E-state index contributed by atoms with van der Waals surface area (Å²) < 4.78 is 0. The summed E-state index contributed by atoms with van der Waals surface area (Å²) in [5, 5.41) is 4.49. The maximum atomic E-state index is 5.58. The number of hydrogen-bond acceptors (Lipinski definition) is 3. The average molecular weight is 185 g/mol. The van der Waals surface area contributed by atoms with Gasteiger partial charge in [-0.2, -0.15) is 5.10 Å². The third-order valence-electron chi connectivity index (χ3n) is 1.34. The highest BCUT2D eigenvalue weighted by Crippen LogP contribution is 2.10. The number of nitrogens with two attached hydrogens (primary N) is 2. The maximum Gasteiger partial charge on any atom is 0.235 e. The Balaban J connectivity index is 2.86. The van der Waals surface area contributed by atoms with Crippen LogP contribution in [0.5, 0.6) is 0 Å². The van der Waals surface area contributed by atoms with Gasteiger partial charge in [-0.3, -0.25) is 5.01 Å². The smallest absolute Gasteiger partial charge is 0.235 e. The molecule has 0 fully saturated rings. The molecule has 0 bridgehead atoms. The summed E-state index contributed by atoms with van der Waals surface area (Å²) >= 11 is 5.58. The molecular formula is C7H9ClN4. The van der Waals surface area contributed by atoms with Gasteiger partial charge < -0.3 is 5.84 Å². The zero-order chi connectivity index (χ0) is 8.97. The monoisotopic (exact) mass is 184 g/mol. The van der Waals surface area contributed by atoms with Crippen molar-refractivity contribution in [3.63, 3.8) is 0 Å². The zero-order valence-electron chi connectivity index (χ0n) is 6.31. The molecule has 0 aromatic heterocycles. The molecule has 0 amide bonds. The number of rotatable bonds is 1. The second kappa shape index (κ2) is 3.94. The third kappa shape index (κ3) is 1.87. The fraction of sp³-hybridized carbons (Fsp3) is 0. The molecular weight excluding hydrogens is 176 g/mol. The van der Waals surface area contributed by atoms with Crippen molar-refractivity contribution in [3.8, 4) is 0 Å². The van der Waals surface area contributed by atoms with Gasteiger partial charge in [-0.25, -0.2) is 5.84 Å². The molecule has 0 aliphatic heterocycles. The molecule has 64 valence electrons. The van der Waals surface area contributed by atoms with Crippen molar-refractivity contribution in [2.24, 2.45) is 16.8 Å². The van der Waals surface area contributed by atoms with Gasteiger partial charge >= 0.3 is 0 Å². The fourth-order valence-electron chi connectivity index (χ4n) is 0.757. The Kier molecular flexibility index (Phi) is 2.90. The number of hydrazone groups is 1. The molecule has 0 heterocycles. The van der Waals surface area contributed by atoms with Crippen molar-refractivity contribution in [2.75, 3.05) is 5.01 Å².